The molecule has 2 aromatic rings. The Labute approximate surface area is 175 Å². The zero-order chi connectivity index (χ0) is 21.5. The molecule has 0 saturated carbocycles. The number of rotatable bonds is 9. The van der Waals surface area contributed by atoms with Gasteiger partial charge in [0.05, 0.1) is 24.8 Å². The third kappa shape index (κ3) is 4.52. The number of ketones is 1. The maximum atomic E-state index is 12.8. The highest BCUT2D eigenvalue weighted by Gasteiger charge is 2.45. The number of carbonyl (C=O) groups is 2. The molecule has 0 bridgehead atoms. The Kier molecular flexibility index (Phi) is 7.19. The van der Waals surface area contributed by atoms with Crippen molar-refractivity contribution in [1.82, 2.24) is 9.88 Å². The minimum Gasteiger partial charge on any atom is -0.507 e. The van der Waals surface area contributed by atoms with Crippen molar-refractivity contribution in [3.8, 4) is 5.75 Å². The van der Waals surface area contributed by atoms with Crippen LogP contribution in [0.5, 0.6) is 5.75 Å². The zero-order valence-corrected chi connectivity index (χ0v) is 17.2. The van der Waals surface area contributed by atoms with Crippen molar-refractivity contribution in [3.05, 3.63) is 65.5 Å². The first-order chi connectivity index (χ1) is 14.6. The molecular formula is C23H26N2O5. The maximum absolute atomic E-state index is 12.8. The van der Waals surface area contributed by atoms with Crippen molar-refractivity contribution in [2.24, 2.45) is 0 Å². The molecule has 7 heteroatoms. The summed E-state index contributed by atoms with van der Waals surface area (Å²) in [5, 5.41) is 11.0. The summed E-state index contributed by atoms with van der Waals surface area (Å²) in [5.41, 5.74) is 1.13. The van der Waals surface area contributed by atoms with E-state index in [9.17, 15) is 14.7 Å². The second-order valence-corrected chi connectivity index (χ2v) is 7.00. The lowest BCUT2D eigenvalue weighted by Gasteiger charge is -2.24. The topological polar surface area (TPSA) is 89.0 Å². The summed E-state index contributed by atoms with van der Waals surface area (Å²) in [4.78, 5) is 31.0. The lowest BCUT2D eigenvalue weighted by Crippen LogP contribution is -2.32. The van der Waals surface area contributed by atoms with Gasteiger partial charge in [0.25, 0.3) is 11.7 Å². The number of ether oxygens (including phenoxy) is 2. The SMILES string of the molecule is CCCCOc1ccc(C(O)=C2C(=O)C(=O)N(CCOC)[C@@H]2c2cccnc2)cc1. The summed E-state index contributed by atoms with van der Waals surface area (Å²) in [6.45, 7) is 3.20. The van der Waals surface area contributed by atoms with Crippen LogP contribution in [0.25, 0.3) is 5.76 Å². The first-order valence-electron chi connectivity index (χ1n) is 9.99. The fourth-order valence-electron chi connectivity index (χ4n) is 3.38. The van der Waals surface area contributed by atoms with E-state index >= 15 is 0 Å². The van der Waals surface area contributed by atoms with Crippen LogP contribution in [-0.2, 0) is 14.3 Å². The van der Waals surface area contributed by atoms with Crippen LogP contribution in [0.15, 0.2) is 54.4 Å². The van der Waals surface area contributed by atoms with Crippen LogP contribution in [0.4, 0.5) is 0 Å². The van der Waals surface area contributed by atoms with Crippen LogP contribution in [0.1, 0.15) is 36.9 Å². The quantitative estimate of drug-likeness (QED) is 0.295. The molecule has 1 aliphatic heterocycles. The molecule has 7 nitrogen and oxygen atoms in total. The zero-order valence-electron chi connectivity index (χ0n) is 17.2. The number of aliphatic hydroxyl groups is 1. The minimum absolute atomic E-state index is 0.0451. The van der Waals surface area contributed by atoms with Crippen LogP contribution >= 0.6 is 0 Å². The van der Waals surface area contributed by atoms with Gasteiger partial charge < -0.3 is 19.5 Å². The van der Waals surface area contributed by atoms with Gasteiger partial charge in [-0.3, -0.25) is 14.6 Å². The monoisotopic (exact) mass is 410 g/mol. The summed E-state index contributed by atoms with van der Waals surface area (Å²) in [6.07, 6.45) is 5.20. The number of pyridine rings is 1. The van der Waals surface area contributed by atoms with Crippen molar-refractivity contribution in [2.45, 2.75) is 25.8 Å². The summed E-state index contributed by atoms with van der Waals surface area (Å²) in [6, 6.07) is 9.62. The number of likely N-dealkylation sites (tertiary alicyclic amines) is 1. The van der Waals surface area contributed by atoms with Gasteiger partial charge in [-0.25, -0.2) is 0 Å². The van der Waals surface area contributed by atoms with E-state index in [0.717, 1.165) is 12.8 Å². The molecule has 1 amide bonds. The van der Waals surface area contributed by atoms with Crippen molar-refractivity contribution in [2.75, 3.05) is 26.9 Å². The van der Waals surface area contributed by atoms with Crippen molar-refractivity contribution in [1.29, 1.82) is 0 Å². The van der Waals surface area contributed by atoms with Crippen molar-refractivity contribution in [3.63, 3.8) is 0 Å². The van der Waals surface area contributed by atoms with E-state index in [4.69, 9.17) is 9.47 Å². The summed E-state index contributed by atoms with van der Waals surface area (Å²) in [5.74, 6) is -0.922. The van der Waals surface area contributed by atoms with Gasteiger partial charge in [0.1, 0.15) is 11.5 Å². The minimum atomic E-state index is -0.727. The fourth-order valence-corrected chi connectivity index (χ4v) is 3.38. The molecule has 1 aromatic heterocycles. The molecule has 1 saturated heterocycles. The van der Waals surface area contributed by atoms with Crippen molar-refractivity contribution >= 4 is 17.4 Å². The average Bonchev–Trinajstić information content (AvgIpc) is 3.03. The molecule has 30 heavy (non-hydrogen) atoms. The van der Waals surface area contributed by atoms with Gasteiger partial charge in [-0.1, -0.05) is 19.4 Å². The summed E-state index contributed by atoms with van der Waals surface area (Å²) in [7, 11) is 1.53. The van der Waals surface area contributed by atoms with E-state index in [1.807, 2.05) is 0 Å². The Hall–Kier alpha value is -3.19. The highest BCUT2D eigenvalue weighted by atomic mass is 16.5. The van der Waals surface area contributed by atoms with E-state index in [1.54, 1.807) is 48.8 Å². The lowest BCUT2D eigenvalue weighted by molar-refractivity contribution is -0.140. The van der Waals surface area contributed by atoms with Crippen LogP contribution in [0.3, 0.4) is 0 Å². The van der Waals surface area contributed by atoms with E-state index < -0.39 is 17.7 Å². The smallest absolute Gasteiger partial charge is 0.295 e. The predicted molar refractivity (Wildman–Crippen MR) is 112 cm³/mol. The highest BCUT2D eigenvalue weighted by molar-refractivity contribution is 6.46. The molecule has 158 valence electrons. The number of Topliss-reactive ketones (excluding diaryl/α,β-unsaturated/α-hetero) is 1. The lowest BCUT2D eigenvalue weighted by atomic mass is 9.96. The van der Waals surface area contributed by atoms with E-state index in [-0.39, 0.29) is 24.5 Å². The second kappa shape index (κ2) is 10.0. The van der Waals surface area contributed by atoms with Gasteiger partial charge in [-0.15, -0.1) is 0 Å². The molecule has 1 aliphatic rings. The third-order valence-corrected chi connectivity index (χ3v) is 4.97. The molecule has 1 N–H and O–H groups in total. The number of unbranched alkanes of at least 4 members (excludes halogenated alkanes) is 1. The van der Waals surface area contributed by atoms with Gasteiger partial charge in [0.15, 0.2) is 0 Å². The van der Waals surface area contributed by atoms with Gasteiger partial charge in [0.2, 0.25) is 0 Å². The molecule has 3 rings (SSSR count). The molecule has 1 aromatic carbocycles. The molecule has 0 aliphatic carbocycles. The number of benzene rings is 1. The predicted octanol–water partition coefficient (Wildman–Crippen LogP) is 3.33. The molecule has 0 unspecified atom stereocenters. The van der Waals surface area contributed by atoms with Gasteiger partial charge in [-0.2, -0.15) is 0 Å². The summed E-state index contributed by atoms with van der Waals surface area (Å²) < 4.78 is 10.7. The standard InChI is InChI=1S/C23H26N2O5/c1-3-4-13-30-18-9-7-16(8-10-18)21(26)19-20(17-6-5-11-24-15-17)25(12-14-29-2)23(28)22(19)27/h5-11,15,20,26H,3-4,12-14H2,1-2H3/t20-/m1/s1. The van der Waals surface area contributed by atoms with Crippen LogP contribution in [-0.4, -0.2) is 53.5 Å². The van der Waals surface area contributed by atoms with Crippen molar-refractivity contribution < 1.29 is 24.2 Å². The normalized spacial score (nSPS) is 18.1. The molecule has 2 heterocycles. The molecule has 1 atom stereocenters. The van der Waals surface area contributed by atoms with Gasteiger partial charge >= 0.3 is 0 Å². The van der Waals surface area contributed by atoms with Crippen LogP contribution < -0.4 is 4.74 Å². The largest absolute Gasteiger partial charge is 0.507 e. The Morgan fingerprint density at radius 1 is 1.17 bits per heavy atom. The molecule has 1 fully saturated rings. The maximum Gasteiger partial charge on any atom is 0.295 e. The van der Waals surface area contributed by atoms with E-state index in [0.29, 0.717) is 23.5 Å². The number of amides is 1. The Bertz CT molecular complexity index is 909. The molecule has 0 radical (unpaired) electrons. The molecule has 0 spiro atoms. The average molecular weight is 410 g/mol. The summed E-state index contributed by atoms with van der Waals surface area (Å²) >= 11 is 0. The fraction of sp³-hybridized carbons (Fsp3) is 0.348. The van der Waals surface area contributed by atoms with Crippen LogP contribution in [0, 0.1) is 0 Å². The number of carbonyl (C=O) groups excluding carboxylic acids is 2. The second-order valence-electron chi connectivity index (χ2n) is 7.00. The van der Waals surface area contributed by atoms with E-state index in [1.165, 1.54) is 12.0 Å². The number of hydrogen-bond donors (Lipinski definition) is 1. The first kappa shape index (κ1) is 21.5. The highest BCUT2D eigenvalue weighted by Crippen LogP contribution is 2.39. The number of aliphatic hydroxyl groups excluding tert-OH is 1. The third-order valence-electron chi connectivity index (χ3n) is 4.97. The first-order valence-corrected chi connectivity index (χ1v) is 9.99. The Balaban J connectivity index is 1.98. The number of hydrogen-bond acceptors (Lipinski definition) is 6. The Morgan fingerprint density at radius 2 is 1.93 bits per heavy atom. The van der Waals surface area contributed by atoms with E-state index in [2.05, 4.69) is 11.9 Å². The number of aromatic nitrogens is 1. The van der Waals surface area contributed by atoms with Gasteiger partial charge in [0, 0.05) is 31.6 Å². The number of nitrogens with zero attached hydrogens (tertiary/aromatic N) is 2. The van der Waals surface area contributed by atoms with Gasteiger partial charge in [-0.05, 0) is 42.3 Å². The molecular weight excluding hydrogens is 384 g/mol. The Morgan fingerprint density at radius 3 is 2.57 bits per heavy atom. The number of methoxy groups -OCH3 is 1. The van der Waals surface area contributed by atoms with Crippen LogP contribution in [0.2, 0.25) is 0 Å².